The highest BCUT2D eigenvalue weighted by Gasteiger charge is 2.47. The van der Waals surface area contributed by atoms with Crippen LogP contribution in [0.15, 0.2) is 53.4 Å². The Bertz CT molecular complexity index is 1020. The van der Waals surface area contributed by atoms with E-state index in [1.165, 1.54) is 30.3 Å². The molecule has 2 aromatic rings. The van der Waals surface area contributed by atoms with Crippen LogP contribution in [0.3, 0.4) is 0 Å². The fourth-order valence-corrected chi connectivity index (χ4v) is 4.97. The van der Waals surface area contributed by atoms with Crippen LogP contribution < -0.4 is 14.2 Å². The lowest BCUT2D eigenvalue weighted by Crippen LogP contribution is -2.59. The standard InChI is InChI=1S/C20H21NO7S/c1-26-19(22)20(23,21-29(24,25)13-7-3-2-4-8-13)28-17-12-6-10-15-14-9-5-11-16(14)27-18(15)17/h2-4,6-8,10,12,14,16,21,23H,5,9,11H2,1H3/t14-,16?,20?/m1/s1. The molecule has 0 radical (unpaired) electrons. The van der Waals surface area contributed by atoms with E-state index in [1.54, 1.807) is 12.1 Å². The molecule has 0 saturated heterocycles. The predicted octanol–water partition coefficient (Wildman–Crippen LogP) is 1.89. The fraction of sp³-hybridized carbons (Fsp3) is 0.350. The summed E-state index contributed by atoms with van der Waals surface area (Å²) in [6.45, 7) is 0. The van der Waals surface area contributed by atoms with Crippen LogP contribution in [0.25, 0.3) is 0 Å². The van der Waals surface area contributed by atoms with E-state index in [9.17, 15) is 18.3 Å². The molecular weight excluding hydrogens is 398 g/mol. The summed E-state index contributed by atoms with van der Waals surface area (Å²) in [5.41, 5.74) is 0.920. The Balaban J connectivity index is 1.67. The highest BCUT2D eigenvalue weighted by Crippen LogP contribution is 2.51. The lowest BCUT2D eigenvalue weighted by molar-refractivity contribution is -0.201. The number of para-hydroxylation sites is 1. The SMILES string of the molecule is COC(=O)C(O)(NS(=O)(=O)c1ccccc1)Oc1cccc2c1OC1CCC[C@H]21. The number of carbonyl (C=O) groups is 1. The van der Waals surface area contributed by atoms with Crippen molar-refractivity contribution >= 4 is 16.0 Å². The molecule has 0 amide bonds. The second-order valence-corrected chi connectivity index (χ2v) is 8.71. The van der Waals surface area contributed by atoms with Crippen molar-refractivity contribution in [3.63, 3.8) is 0 Å². The van der Waals surface area contributed by atoms with Crippen molar-refractivity contribution < 1.29 is 32.5 Å². The highest BCUT2D eigenvalue weighted by atomic mass is 32.2. The molecule has 29 heavy (non-hydrogen) atoms. The number of rotatable bonds is 6. The Morgan fingerprint density at radius 2 is 1.93 bits per heavy atom. The molecule has 4 rings (SSSR count). The van der Waals surface area contributed by atoms with Gasteiger partial charge in [-0.1, -0.05) is 30.3 Å². The van der Waals surface area contributed by atoms with E-state index in [-0.39, 0.29) is 22.7 Å². The zero-order valence-electron chi connectivity index (χ0n) is 15.7. The van der Waals surface area contributed by atoms with Gasteiger partial charge in [0.05, 0.1) is 12.0 Å². The fourth-order valence-electron chi connectivity index (χ4n) is 3.85. The molecule has 8 nitrogen and oxygen atoms in total. The predicted molar refractivity (Wildman–Crippen MR) is 102 cm³/mol. The van der Waals surface area contributed by atoms with E-state index < -0.39 is 21.9 Å². The van der Waals surface area contributed by atoms with Gasteiger partial charge >= 0.3 is 11.9 Å². The van der Waals surface area contributed by atoms with E-state index in [0.29, 0.717) is 5.75 Å². The van der Waals surface area contributed by atoms with Crippen molar-refractivity contribution in [2.24, 2.45) is 0 Å². The molecule has 2 aromatic carbocycles. The van der Waals surface area contributed by atoms with E-state index in [2.05, 4.69) is 4.74 Å². The average Bonchev–Trinajstić information content (AvgIpc) is 3.30. The van der Waals surface area contributed by atoms with Crippen molar-refractivity contribution in [1.82, 2.24) is 4.72 Å². The Labute approximate surface area is 168 Å². The molecule has 0 bridgehead atoms. The zero-order valence-corrected chi connectivity index (χ0v) is 16.5. The third-order valence-corrected chi connectivity index (χ3v) is 6.61. The van der Waals surface area contributed by atoms with Crippen LogP contribution in [-0.2, 0) is 19.6 Å². The summed E-state index contributed by atoms with van der Waals surface area (Å²) in [6, 6.07) is 12.4. The molecule has 1 aliphatic heterocycles. The number of benzene rings is 2. The first kappa shape index (κ1) is 19.7. The summed E-state index contributed by atoms with van der Waals surface area (Å²) in [6.07, 6.45) is 2.95. The number of methoxy groups -OCH3 is 1. The Morgan fingerprint density at radius 3 is 2.66 bits per heavy atom. The lowest BCUT2D eigenvalue weighted by Gasteiger charge is -2.27. The van der Waals surface area contributed by atoms with Gasteiger partial charge in [-0.3, -0.25) is 0 Å². The zero-order chi connectivity index (χ0) is 20.6. The van der Waals surface area contributed by atoms with Crippen molar-refractivity contribution in [3.05, 3.63) is 54.1 Å². The van der Waals surface area contributed by atoms with Crippen molar-refractivity contribution in [2.45, 2.75) is 42.1 Å². The van der Waals surface area contributed by atoms with Gasteiger partial charge in [-0.05, 0) is 37.5 Å². The monoisotopic (exact) mass is 419 g/mol. The summed E-state index contributed by atoms with van der Waals surface area (Å²) in [5.74, 6) is -3.60. The molecule has 9 heteroatoms. The number of sulfonamides is 1. The minimum atomic E-state index is -4.29. The van der Waals surface area contributed by atoms with Gasteiger partial charge < -0.3 is 19.3 Å². The van der Waals surface area contributed by atoms with Gasteiger partial charge in [0.1, 0.15) is 6.10 Å². The molecular formula is C20H21NO7S. The number of fused-ring (bicyclic) bond motifs is 3. The van der Waals surface area contributed by atoms with Gasteiger partial charge in [0.2, 0.25) is 10.0 Å². The second-order valence-electron chi connectivity index (χ2n) is 7.02. The molecule has 2 unspecified atom stereocenters. The summed E-state index contributed by atoms with van der Waals surface area (Å²) >= 11 is 0. The summed E-state index contributed by atoms with van der Waals surface area (Å²) in [4.78, 5) is 12.1. The Morgan fingerprint density at radius 1 is 1.17 bits per heavy atom. The van der Waals surface area contributed by atoms with Crippen LogP contribution in [-0.4, -0.2) is 38.6 Å². The van der Waals surface area contributed by atoms with Gasteiger partial charge in [0, 0.05) is 11.5 Å². The molecule has 154 valence electrons. The summed E-state index contributed by atoms with van der Waals surface area (Å²) in [5, 5.41) is 10.8. The van der Waals surface area contributed by atoms with E-state index in [4.69, 9.17) is 9.47 Å². The lowest BCUT2D eigenvalue weighted by atomic mass is 9.97. The topological polar surface area (TPSA) is 111 Å². The number of nitrogens with one attached hydrogen (secondary N) is 1. The van der Waals surface area contributed by atoms with Gasteiger partial charge in [-0.2, -0.15) is 0 Å². The molecule has 0 spiro atoms. The van der Waals surface area contributed by atoms with Crippen molar-refractivity contribution in [2.75, 3.05) is 7.11 Å². The van der Waals surface area contributed by atoms with Gasteiger partial charge in [0.15, 0.2) is 11.5 Å². The van der Waals surface area contributed by atoms with Crippen LogP contribution in [0.4, 0.5) is 0 Å². The number of aliphatic hydroxyl groups is 1. The maximum absolute atomic E-state index is 12.7. The van der Waals surface area contributed by atoms with E-state index in [0.717, 1.165) is 31.9 Å². The molecule has 1 fully saturated rings. The molecule has 1 saturated carbocycles. The molecule has 2 N–H and O–H groups in total. The first-order valence-corrected chi connectivity index (χ1v) is 10.7. The van der Waals surface area contributed by atoms with Crippen LogP contribution in [0, 0.1) is 0 Å². The average molecular weight is 419 g/mol. The normalized spacial score (nSPS) is 22.1. The third kappa shape index (κ3) is 3.57. The molecule has 1 aliphatic carbocycles. The minimum absolute atomic E-state index is 0.0157. The molecule has 0 aromatic heterocycles. The quantitative estimate of drug-likeness (QED) is 0.543. The Hall–Kier alpha value is -2.62. The highest BCUT2D eigenvalue weighted by molar-refractivity contribution is 7.89. The third-order valence-electron chi connectivity index (χ3n) is 5.18. The van der Waals surface area contributed by atoms with Crippen LogP contribution in [0.5, 0.6) is 11.5 Å². The second kappa shape index (κ2) is 7.33. The van der Waals surface area contributed by atoms with E-state index >= 15 is 0 Å². The molecule has 2 aliphatic rings. The van der Waals surface area contributed by atoms with Crippen LogP contribution in [0.1, 0.15) is 30.7 Å². The maximum Gasteiger partial charge on any atom is 0.398 e. The number of ether oxygens (including phenoxy) is 3. The number of carbonyl (C=O) groups excluding carboxylic acids is 1. The van der Waals surface area contributed by atoms with Crippen LogP contribution in [0.2, 0.25) is 0 Å². The number of hydrogen-bond acceptors (Lipinski definition) is 7. The summed E-state index contributed by atoms with van der Waals surface area (Å²) in [7, 11) is -3.27. The van der Waals surface area contributed by atoms with Gasteiger partial charge in [-0.15, -0.1) is 4.72 Å². The van der Waals surface area contributed by atoms with Gasteiger partial charge in [0.25, 0.3) is 0 Å². The first-order chi connectivity index (χ1) is 13.8. The van der Waals surface area contributed by atoms with Gasteiger partial charge in [-0.25, -0.2) is 13.2 Å². The number of hydrogen-bond donors (Lipinski definition) is 2. The van der Waals surface area contributed by atoms with Crippen molar-refractivity contribution in [3.8, 4) is 11.5 Å². The smallest absolute Gasteiger partial charge is 0.398 e. The maximum atomic E-state index is 12.7. The molecule has 3 atom stereocenters. The molecule has 1 heterocycles. The minimum Gasteiger partial charge on any atom is -0.486 e. The largest absolute Gasteiger partial charge is 0.486 e. The summed E-state index contributed by atoms with van der Waals surface area (Å²) < 4.78 is 43.3. The first-order valence-electron chi connectivity index (χ1n) is 9.22. The Kier molecular flexibility index (Phi) is 4.97. The number of esters is 1. The van der Waals surface area contributed by atoms with Crippen molar-refractivity contribution in [1.29, 1.82) is 0 Å². The van der Waals surface area contributed by atoms with Crippen LogP contribution >= 0.6 is 0 Å². The van der Waals surface area contributed by atoms with E-state index in [1.807, 2.05) is 10.8 Å².